The Hall–Kier alpha value is -3.80. The summed E-state index contributed by atoms with van der Waals surface area (Å²) < 4.78 is 43.5. The molecule has 6 atom stereocenters. The van der Waals surface area contributed by atoms with Gasteiger partial charge >= 0.3 is 13.7 Å². The predicted octanol–water partition coefficient (Wildman–Crippen LogP) is 2.73. The number of rotatable bonds is 12. The lowest BCUT2D eigenvalue weighted by Gasteiger charge is -2.26. The third-order valence-electron chi connectivity index (χ3n) is 6.61. The van der Waals surface area contributed by atoms with Crippen molar-refractivity contribution in [3.8, 4) is 17.7 Å². The van der Waals surface area contributed by atoms with Crippen LogP contribution in [-0.4, -0.2) is 68.7 Å². The maximum absolute atomic E-state index is 14.0. The van der Waals surface area contributed by atoms with Gasteiger partial charge in [-0.3, -0.25) is 13.9 Å². The molecule has 0 radical (unpaired) electrons. The molecule has 4 rings (SSSR count). The Kier molecular flexibility index (Phi) is 9.34. The van der Waals surface area contributed by atoms with Gasteiger partial charge in [-0.15, -0.1) is 0 Å². The molecule has 42 heavy (non-hydrogen) atoms. The Morgan fingerprint density at radius 2 is 2.05 bits per heavy atom. The number of aliphatic hydroxyl groups excluding tert-OH is 1. The molecular weight excluding hydrogens is 569 g/mol. The van der Waals surface area contributed by atoms with Crippen LogP contribution in [0.5, 0.6) is 11.6 Å². The number of esters is 1. The molecule has 226 valence electrons. The van der Waals surface area contributed by atoms with E-state index in [-0.39, 0.29) is 35.2 Å². The number of nitrogens with one attached hydrogen (secondary N) is 1. The van der Waals surface area contributed by atoms with Gasteiger partial charge in [-0.1, -0.05) is 25.1 Å². The van der Waals surface area contributed by atoms with Gasteiger partial charge < -0.3 is 29.6 Å². The number of nitrogens with two attached hydrogens (primary N) is 1. The summed E-state index contributed by atoms with van der Waals surface area (Å²) in [4.78, 5) is 25.1. The first kappa shape index (κ1) is 31.1. The van der Waals surface area contributed by atoms with Gasteiger partial charge in [0.05, 0.1) is 32.2 Å². The molecule has 16 heteroatoms. The van der Waals surface area contributed by atoms with E-state index in [1.807, 2.05) is 0 Å². The number of aliphatic hydroxyl groups is 1. The van der Waals surface area contributed by atoms with Gasteiger partial charge in [0.15, 0.2) is 17.4 Å². The van der Waals surface area contributed by atoms with Crippen molar-refractivity contribution in [3.05, 3.63) is 36.7 Å². The van der Waals surface area contributed by atoms with E-state index in [4.69, 9.17) is 29.0 Å². The topological polar surface area (TPSA) is 206 Å². The zero-order valence-electron chi connectivity index (χ0n) is 23.8. The molecule has 0 saturated carbocycles. The molecule has 0 unspecified atom stereocenters. The zero-order valence-corrected chi connectivity index (χ0v) is 24.7. The van der Waals surface area contributed by atoms with Crippen LogP contribution in [0, 0.1) is 16.7 Å². The first-order chi connectivity index (χ1) is 19.9. The van der Waals surface area contributed by atoms with Crippen LogP contribution in [0.25, 0.3) is 11.2 Å². The van der Waals surface area contributed by atoms with Crippen molar-refractivity contribution in [2.45, 2.75) is 64.7 Å². The number of carbonyl (C=O) groups excluding carboxylic acids is 1. The highest BCUT2D eigenvalue weighted by atomic mass is 31.2. The number of nitriles is 1. The summed E-state index contributed by atoms with van der Waals surface area (Å²) in [5, 5.41) is 24.0. The predicted molar refractivity (Wildman–Crippen MR) is 149 cm³/mol. The van der Waals surface area contributed by atoms with Crippen molar-refractivity contribution in [1.29, 1.82) is 5.26 Å². The number of hydrogen-bond donors (Lipinski definition) is 3. The molecule has 1 aromatic carbocycles. The number of nitrogens with zero attached hydrogens (tertiary/aromatic N) is 5. The van der Waals surface area contributed by atoms with Crippen LogP contribution in [0.1, 0.15) is 40.3 Å². The number of fused-ring (bicyclic) bond motifs is 1. The van der Waals surface area contributed by atoms with Crippen molar-refractivity contribution in [1.82, 2.24) is 24.6 Å². The lowest BCUT2D eigenvalue weighted by Crippen LogP contribution is -2.40. The quantitative estimate of drug-likeness (QED) is 0.201. The van der Waals surface area contributed by atoms with Gasteiger partial charge in [-0.05, 0) is 39.3 Å². The number of para-hydroxylation sites is 1. The number of benzene rings is 1. The highest BCUT2D eigenvalue weighted by Crippen LogP contribution is 2.49. The Bertz CT molecular complexity index is 1500. The highest BCUT2D eigenvalue weighted by Gasteiger charge is 2.56. The average Bonchev–Trinajstić information content (AvgIpc) is 3.48. The molecule has 2 aromatic heterocycles. The van der Waals surface area contributed by atoms with Crippen LogP contribution in [0.4, 0.5) is 5.95 Å². The first-order valence-corrected chi connectivity index (χ1v) is 14.7. The van der Waals surface area contributed by atoms with Crippen molar-refractivity contribution in [2.75, 3.05) is 19.5 Å². The molecule has 3 heterocycles. The smallest absolute Gasteiger partial charge is 0.459 e. The Morgan fingerprint density at radius 1 is 1.33 bits per heavy atom. The molecular formula is C26H34N7O8P. The summed E-state index contributed by atoms with van der Waals surface area (Å²) >= 11 is 0. The van der Waals surface area contributed by atoms with Crippen LogP contribution in [0.3, 0.4) is 0 Å². The van der Waals surface area contributed by atoms with Crippen LogP contribution in [0.15, 0.2) is 36.7 Å². The maximum atomic E-state index is 14.0. The number of nitrogen functional groups attached to an aromatic ring is 1. The first-order valence-electron chi connectivity index (χ1n) is 13.2. The Balaban J connectivity index is 1.61. The monoisotopic (exact) mass is 603 g/mol. The molecule has 0 bridgehead atoms. The summed E-state index contributed by atoms with van der Waals surface area (Å²) in [5.41, 5.74) is 4.80. The number of hydrogen-bond acceptors (Lipinski definition) is 13. The number of anilines is 1. The fraction of sp³-hybridized carbons (Fsp3) is 0.500. The van der Waals surface area contributed by atoms with Crippen LogP contribution >= 0.6 is 7.75 Å². The number of carbonyl (C=O) groups is 1. The number of aromatic nitrogens is 4. The minimum absolute atomic E-state index is 0.0928. The molecule has 1 fully saturated rings. The number of imidazole rings is 1. The van der Waals surface area contributed by atoms with Crippen molar-refractivity contribution in [3.63, 3.8) is 0 Å². The normalized spacial score (nSPS) is 24.2. The summed E-state index contributed by atoms with van der Waals surface area (Å²) in [6, 6.07) is 9.34. The molecule has 4 N–H and O–H groups in total. The zero-order chi connectivity index (χ0) is 30.7. The molecule has 1 saturated heterocycles. The summed E-state index contributed by atoms with van der Waals surface area (Å²) in [5.74, 6) is -0.389. The second kappa shape index (κ2) is 12.6. The summed E-state index contributed by atoms with van der Waals surface area (Å²) in [7, 11) is -2.87. The third-order valence-corrected chi connectivity index (χ3v) is 8.18. The minimum Gasteiger partial charge on any atom is -0.479 e. The molecule has 1 aliphatic rings. The van der Waals surface area contributed by atoms with Gasteiger partial charge in [-0.2, -0.15) is 20.3 Å². The molecule has 0 amide bonds. The van der Waals surface area contributed by atoms with Gasteiger partial charge in [0.2, 0.25) is 11.8 Å². The minimum atomic E-state index is -4.27. The molecule has 0 aliphatic carbocycles. The summed E-state index contributed by atoms with van der Waals surface area (Å²) in [6.07, 6.45) is -2.49. The highest BCUT2D eigenvalue weighted by molar-refractivity contribution is 7.52. The molecule has 1 aliphatic heterocycles. The van der Waals surface area contributed by atoms with Crippen molar-refractivity contribution < 1.29 is 37.7 Å². The van der Waals surface area contributed by atoms with Gasteiger partial charge in [0.1, 0.15) is 29.4 Å². The van der Waals surface area contributed by atoms with E-state index in [9.17, 15) is 19.7 Å². The number of ether oxygens (including phenoxy) is 3. The lowest BCUT2D eigenvalue weighted by molar-refractivity contribution is -0.149. The van der Waals surface area contributed by atoms with Crippen molar-refractivity contribution >= 4 is 30.8 Å². The Labute approximate surface area is 242 Å². The van der Waals surface area contributed by atoms with E-state index >= 15 is 0 Å². The van der Waals surface area contributed by atoms with E-state index in [2.05, 4.69) is 26.1 Å². The largest absolute Gasteiger partial charge is 0.479 e. The second-order valence-electron chi connectivity index (χ2n) is 10.1. The van der Waals surface area contributed by atoms with E-state index in [0.717, 1.165) is 0 Å². The number of methoxy groups -OCH3 is 1. The summed E-state index contributed by atoms with van der Waals surface area (Å²) in [6.45, 7) is 6.13. The van der Waals surface area contributed by atoms with Gasteiger partial charge in [0.25, 0.3) is 0 Å². The standard InChI is InChI=1S/C26H34N7O8P/c1-6-17(23(35)39-15(2)3)32-42(36,41-16-10-8-7-9-11-16)38-12-18-20(34)26(4,13-27)24(40-18)33-14-29-19-21(33)30-25(28)31-22(19)37-5/h7-11,14-15,17-18,20,24,34H,6,12H2,1-5H3,(H,32,36)(H2,28,30,31)/t17-,18+,20+,24+,26+,42-/m0/s1. The average molecular weight is 604 g/mol. The Morgan fingerprint density at radius 3 is 2.67 bits per heavy atom. The van der Waals surface area contributed by atoms with Crippen LogP contribution in [-0.2, 0) is 23.4 Å². The maximum Gasteiger partial charge on any atom is 0.459 e. The molecule has 3 aromatic rings. The van der Waals surface area contributed by atoms with Gasteiger partial charge in [0, 0.05) is 0 Å². The van der Waals surface area contributed by atoms with E-state index in [0.29, 0.717) is 0 Å². The van der Waals surface area contributed by atoms with Crippen LogP contribution in [0.2, 0.25) is 0 Å². The van der Waals surface area contributed by atoms with E-state index in [1.165, 1.54) is 24.9 Å². The lowest BCUT2D eigenvalue weighted by atomic mass is 9.84. The fourth-order valence-corrected chi connectivity index (χ4v) is 6.03. The van der Waals surface area contributed by atoms with Crippen LogP contribution < -0.4 is 20.1 Å². The van der Waals surface area contributed by atoms with E-state index < -0.39 is 56.3 Å². The van der Waals surface area contributed by atoms with Gasteiger partial charge in [-0.25, -0.2) is 9.55 Å². The second-order valence-corrected chi connectivity index (χ2v) is 11.7. The van der Waals surface area contributed by atoms with E-state index in [1.54, 1.807) is 51.1 Å². The fourth-order valence-electron chi connectivity index (χ4n) is 4.44. The SMILES string of the molecule is CC[C@H](N[P@](=O)(OC[C@H]1O[C@@H](n2cnc3c(OC)nc(N)nc32)[C@](C)(C#N)[C@@H]1O)Oc1ccccc1)C(=O)OC(C)C. The third kappa shape index (κ3) is 6.33. The molecule has 15 nitrogen and oxygen atoms in total. The van der Waals surface area contributed by atoms with Crippen molar-refractivity contribution in [2.24, 2.45) is 5.41 Å². The molecule has 0 spiro atoms.